The number of aryl methyl sites for hydroxylation is 3. The number of ether oxygens (including phenoxy) is 1. The van der Waals surface area contributed by atoms with Crippen LogP contribution in [0.15, 0.2) is 24.3 Å². The maximum Gasteiger partial charge on any atom is 0.331 e. The van der Waals surface area contributed by atoms with Crippen LogP contribution in [0.25, 0.3) is 6.08 Å². The summed E-state index contributed by atoms with van der Waals surface area (Å²) in [7, 11) is 1.80. The molecule has 0 aliphatic carbocycles. The first-order chi connectivity index (χ1) is 12.7. The minimum atomic E-state index is -0.677. The summed E-state index contributed by atoms with van der Waals surface area (Å²) >= 11 is 0. The lowest BCUT2D eigenvalue weighted by Crippen LogP contribution is -2.20. The van der Waals surface area contributed by atoms with Gasteiger partial charge in [0.2, 0.25) is 0 Å². The van der Waals surface area contributed by atoms with Crippen molar-refractivity contribution in [1.82, 2.24) is 9.78 Å². The second-order valence-electron chi connectivity index (χ2n) is 5.95. The zero-order chi connectivity index (χ0) is 20.1. The van der Waals surface area contributed by atoms with E-state index in [1.807, 2.05) is 13.8 Å². The van der Waals surface area contributed by atoms with Gasteiger partial charge in [-0.05, 0) is 32.4 Å². The quantitative estimate of drug-likeness (QED) is 0.360. The van der Waals surface area contributed by atoms with Crippen LogP contribution in [0.3, 0.4) is 0 Å². The molecule has 0 atom stereocenters. The van der Waals surface area contributed by atoms with E-state index in [1.54, 1.807) is 24.7 Å². The smallest absolute Gasteiger partial charge is 0.331 e. The van der Waals surface area contributed by atoms with Crippen LogP contribution in [0.4, 0.5) is 11.4 Å². The van der Waals surface area contributed by atoms with Crippen LogP contribution in [-0.4, -0.2) is 33.2 Å². The molecule has 0 bridgehead atoms. The van der Waals surface area contributed by atoms with Gasteiger partial charge in [0.1, 0.15) is 0 Å². The van der Waals surface area contributed by atoms with Gasteiger partial charge in [-0.2, -0.15) is 5.10 Å². The highest BCUT2D eigenvalue weighted by Crippen LogP contribution is 2.21. The summed E-state index contributed by atoms with van der Waals surface area (Å²) in [6.07, 6.45) is 2.81. The van der Waals surface area contributed by atoms with E-state index in [0.717, 1.165) is 17.0 Å². The number of non-ortho nitro benzene ring substituents is 1. The predicted molar refractivity (Wildman–Crippen MR) is 99.1 cm³/mol. The molecule has 2 rings (SSSR count). The molecular formula is C18H20N4O5. The molecule has 142 valence electrons. The third kappa shape index (κ3) is 5.00. The van der Waals surface area contributed by atoms with Crippen LogP contribution in [-0.2, 0) is 21.4 Å². The second-order valence-corrected chi connectivity index (χ2v) is 5.95. The number of rotatable bonds is 6. The predicted octanol–water partition coefficient (Wildman–Crippen LogP) is 2.45. The first kappa shape index (κ1) is 19.8. The zero-order valence-electron chi connectivity index (χ0n) is 15.5. The Labute approximate surface area is 155 Å². The summed E-state index contributed by atoms with van der Waals surface area (Å²) in [5, 5.41) is 17.6. The van der Waals surface area contributed by atoms with Crippen molar-refractivity contribution in [2.75, 3.05) is 11.9 Å². The first-order valence-corrected chi connectivity index (χ1v) is 8.09. The summed E-state index contributed by atoms with van der Waals surface area (Å²) in [5.74, 6) is -1.27. The Balaban J connectivity index is 1.94. The van der Waals surface area contributed by atoms with Gasteiger partial charge in [0.05, 0.1) is 16.3 Å². The lowest BCUT2D eigenvalue weighted by molar-refractivity contribution is -0.384. The van der Waals surface area contributed by atoms with Crippen molar-refractivity contribution >= 4 is 29.3 Å². The number of amides is 1. The maximum atomic E-state index is 11.9. The standard InChI is InChI=1S/C18H20N4O5/c1-11-5-6-14(22(25)26)9-16(11)19-17(23)10-27-18(24)8-7-15-12(2)20-21(4)13(15)3/h5-9H,10H2,1-4H3,(H,19,23)/b8-7+. The van der Waals surface area contributed by atoms with Crippen molar-refractivity contribution in [3.05, 3.63) is 56.9 Å². The van der Waals surface area contributed by atoms with Crippen molar-refractivity contribution in [3.63, 3.8) is 0 Å². The first-order valence-electron chi connectivity index (χ1n) is 8.09. The van der Waals surface area contributed by atoms with Crippen LogP contribution in [0.1, 0.15) is 22.5 Å². The van der Waals surface area contributed by atoms with Crippen molar-refractivity contribution < 1.29 is 19.2 Å². The maximum absolute atomic E-state index is 11.9. The van der Waals surface area contributed by atoms with Crippen LogP contribution in [0.5, 0.6) is 0 Å². The number of nitro benzene ring substituents is 1. The number of aromatic nitrogens is 2. The number of carbonyl (C=O) groups is 2. The van der Waals surface area contributed by atoms with E-state index in [-0.39, 0.29) is 5.69 Å². The highest BCUT2D eigenvalue weighted by atomic mass is 16.6. The number of anilines is 1. The molecule has 0 aliphatic heterocycles. The van der Waals surface area contributed by atoms with E-state index < -0.39 is 23.4 Å². The molecule has 0 unspecified atom stereocenters. The molecule has 1 N–H and O–H groups in total. The Bertz CT molecular complexity index is 930. The van der Waals surface area contributed by atoms with Crippen LogP contribution >= 0.6 is 0 Å². The molecule has 1 amide bonds. The number of nitrogens with zero attached hydrogens (tertiary/aromatic N) is 3. The normalized spacial score (nSPS) is 10.8. The highest BCUT2D eigenvalue weighted by molar-refractivity contribution is 5.95. The fourth-order valence-corrected chi connectivity index (χ4v) is 2.41. The van der Waals surface area contributed by atoms with Gasteiger partial charge in [-0.3, -0.25) is 19.6 Å². The second kappa shape index (κ2) is 8.26. The summed E-state index contributed by atoms with van der Waals surface area (Å²) in [6.45, 7) is 4.90. The average molecular weight is 372 g/mol. The Kier molecular flexibility index (Phi) is 6.07. The Morgan fingerprint density at radius 1 is 1.33 bits per heavy atom. The molecule has 0 saturated heterocycles. The summed E-state index contributed by atoms with van der Waals surface area (Å²) < 4.78 is 6.61. The third-order valence-corrected chi connectivity index (χ3v) is 4.00. The molecular weight excluding hydrogens is 352 g/mol. The van der Waals surface area contributed by atoms with Gasteiger partial charge >= 0.3 is 5.97 Å². The van der Waals surface area contributed by atoms with Gasteiger partial charge in [-0.1, -0.05) is 6.07 Å². The number of nitrogens with one attached hydrogen (secondary N) is 1. The van der Waals surface area contributed by atoms with Crippen molar-refractivity contribution in [2.24, 2.45) is 7.05 Å². The van der Waals surface area contributed by atoms with Gasteiger partial charge in [0.15, 0.2) is 6.61 Å². The van der Waals surface area contributed by atoms with E-state index >= 15 is 0 Å². The van der Waals surface area contributed by atoms with Crippen molar-refractivity contribution in [2.45, 2.75) is 20.8 Å². The average Bonchev–Trinajstić information content (AvgIpc) is 2.85. The molecule has 2 aromatic rings. The molecule has 27 heavy (non-hydrogen) atoms. The Morgan fingerprint density at radius 2 is 2.04 bits per heavy atom. The molecule has 0 spiro atoms. The van der Waals surface area contributed by atoms with Crippen LogP contribution in [0.2, 0.25) is 0 Å². The third-order valence-electron chi connectivity index (χ3n) is 4.00. The van der Waals surface area contributed by atoms with E-state index in [1.165, 1.54) is 24.3 Å². The van der Waals surface area contributed by atoms with Gasteiger partial charge in [-0.25, -0.2) is 4.79 Å². The SMILES string of the molecule is Cc1ccc([N+](=O)[O-])cc1NC(=O)COC(=O)/C=C/c1c(C)nn(C)c1C. The number of hydrogen-bond acceptors (Lipinski definition) is 6. The summed E-state index contributed by atoms with van der Waals surface area (Å²) in [5.41, 5.74) is 3.29. The molecule has 1 aromatic carbocycles. The largest absolute Gasteiger partial charge is 0.452 e. The van der Waals surface area contributed by atoms with E-state index in [2.05, 4.69) is 10.4 Å². The van der Waals surface area contributed by atoms with E-state index in [9.17, 15) is 19.7 Å². The topological polar surface area (TPSA) is 116 Å². The number of benzene rings is 1. The van der Waals surface area contributed by atoms with Gasteiger partial charge in [0, 0.05) is 36.5 Å². The Morgan fingerprint density at radius 3 is 2.63 bits per heavy atom. The fourth-order valence-electron chi connectivity index (χ4n) is 2.41. The molecule has 9 nitrogen and oxygen atoms in total. The molecule has 9 heteroatoms. The molecule has 0 aliphatic rings. The minimum absolute atomic E-state index is 0.141. The van der Waals surface area contributed by atoms with E-state index in [4.69, 9.17) is 4.74 Å². The highest BCUT2D eigenvalue weighted by Gasteiger charge is 2.12. The van der Waals surface area contributed by atoms with Crippen molar-refractivity contribution in [3.8, 4) is 0 Å². The lowest BCUT2D eigenvalue weighted by Gasteiger charge is -2.08. The lowest BCUT2D eigenvalue weighted by atomic mass is 10.2. The Hall–Kier alpha value is -3.49. The number of esters is 1. The number of hydrogen-bond donors (Lipinski definition) is 1. The van der Waals surface area contributed by atoms with Gasteiger partial charge in [-0.15, -0.1) is 0 Å². The van der Waals surface area contributed by atoms with Gasteiger partial charge < -0.3 is 10.1 Å². The summed E-state index contributed by atoms with van der Waals surface area (Å²) in [4.78, 5) is 34.0. The molecule has 0 saturated carbocycles. The van der Waals surface area contributed by atoms with Gasteiger partial charge in [0.25, 0.3) is 11.6 Å². The molecule has 0 radical (unpaired) electrons. The van der Waals surface area contributed by atoms with Crippen LogP contribution in [0, 0.1) is 30.9 Å². The van der Waals surface area contributed by atoms with Crippen LogP contribution < -0.4 is 5.32 Å². The molecule has 1 aromatic heterocycles. The number of nitro groups is 1. The zero-order valence-corrected chi connectivity index (χ0v) is 15.5. The number of carbonyl (C=O) groups excluding carboxylic acids is 2. The van der Waals surface area contributed by atoms with E-state index in [0.29, 0.717) is 11.3 Å². The van der Waals surface area contributed by atoms with Crippen molar-refractivity contribution in [1.29, 1.82) is 0 Å². The summed E-state index contributed by atoms with van der Waals surface area (Å²) in [6, 6.07) is 4.13. The fraction of sp³-hybridized carbons (Fsp3) is 0.278. The molecule has 0 fully saturated rings. The monoisotopic (exact) mass is 372 g/mol. The minimum Gasteiger partial charge on any atom is -0.452 e. The molecule has 1 heterocycles.